The van der Waals surface area contributed by atoms with Gasteiger partial charge in [0.05, 0.1) is 18.8 Å². The maximum absolute atomic E-state index is 12.7. The van der Waals surface area contributed by atoms with Crippen molar-refractivity contribution in [3.8, 4) is 5.88 Å². The molecule has 2 aliphatic rings. The number of ether oxygens (including phenoxy) is 3. The Balaban J connectivity index is 1.70. The second-order valence-corrected chi connectivity index (χ2v) is 6.13. The van der Waals surface area contributed by atoms with Gasteiger partial charge < -0.3 is 19.1 Å². The molecule has 6 nitrogen and oxygen atoms in total. The third-order valence-corrected chi connectivity index (χ3v) is 4.96. The smallest absolute Gasteiger partial charge is 0.259 e. The molecule has 0 N–H and O–H groups in total. The van der Waals surface area contributed by atoms with Gasteiger partial charge in [0, 0.05) is 33.0 Å². The second-order valence-electron chi connectivity index (χ2n) is 6.13. The predicted molar refractivity (Wildman–Crippen MR) is 84.6 cm³/mol. The van der Waals surface area contributed by atoms with E-state index in [9.17, 15) is 4.79 Å². The van der Waals surface area contributed by atoms with E-state index < -0.39 is 0 Å². The summed E-state index contributed by atoms with van der Waals surface area (Å²) < 4.78 is 16.9. The maximum Gasteiger partial charge on any atom is 0.259 e. The number of nitrogens with zero attached hydrogens (tertiary/aromatic N) is 2. The zero-order valence-corrected chi connectivity index (χ0v) is 13.8. The van der Waals surface area contributed by atoms with Gasteiger partial charge in [-0.1, -0.05) is 0 Å². The Labute approximate surface area is 136 Å². The van der Waals surface area contributed by atoms with Crippen LogP contribution in [0.3, 0.4) is 0 Å². The van der Waals surface area contributed by atoms with Gasteiger partial charge in [0.25, 0.3) is 5.91 Å². The Morgan fingerprint density at radius 1 is 1.39 bits per heavy atom. The van der Waals surface area contributed by atoms with Gasteiger partial charge in [0.15, 0.2) is 0 Å². The molecule has 3 rings (SSSR count). The highest BCUT2D eigenvalue weighted by atomic mass is 16.5. The summed E-state index contributed by atoms with van der Waals surface area (Å²) in [6.07, 6.45) is 5.43. The van der Waals surface area contributed by atoms with Gasteiger partial charge in [-0.05, 0) is 37.8 Å². The first-order valence-electron chi connectivity index (χ1n) is 8.15. The van der Waals surface area contributed by atoms with Gasteiger partial charge in [-0.25, -0.2) is 4.98 Å². The number of rotatable bonds is 3. The summed E-state index contributed by atoms with van der Waals surface area (Å²) >= 11 is 0. The monoisotopic (exact) mass is 320 g/mol. The number of amides is 1. The van der Waals surface area contributed by atoms with Crippen LogP contribution < -0.4 is 4.74 Å². The Morgan fingerprint density at radius 3 is 2.87 bits per heavy atom. The molecule has 3 heterocycles. The number of likely N-dealkylation sites (tertiary alicyclic amines) is 1. The third kappa shape index (κ3) is 3.05. The number of pyridine rings is 1. The number of carbonyl (C=O) groups is 1. The Hall–Kier alpha value is -1.66. The number of carbonyl (C=O) groups excluding carboxylic acids is 1. The van der Waals surface area contributed by atoms with Crippen molar-refractivity contribution in [1.82, 2.24) is 9.88 Å². The second kappa shape index (κ2) is 6.84. The van der Waals surface area contributed by atoms with E-state index in [-0.39, 0.29) is 17.6 Å². The molecule has 2 aliphatic heterocycles. The first-order chi connectivity index (χ1) is 11.2. The van der Waals surface area contributed by atoms with E-state index >= 15 is 0 Å². The van der Waals surface area contributed by atoms with Crippen LogP contribution in [0.2, 0.25) is 0 Å². The number of aromatic nitrogens is 1. The lowest BCUT2D eigenvalue weighted by Crippen LogP contribution is -2.56. The SMILES string of the molecule is COc1ncccc1C(=O)N1CCC2(CC1)OCCC[C@H]2OC. The minimum atomic E-state index is -0.233. The first-order valence-corrected chi connectivity index (χ1v) is 8.15. The molecule has 23 heavy (non-hydrogen) atoms. The average Bonchev–Trinajstić information content (AvgIpc) is 2.62. The number of hydrogen-bond acceptors (Lipinski definition) is 5. The molecule has 1 atom stereocenters. The Kier molecular flexibility index (Phi) is 4.82. The van der Waals surface area contributed by atoms with Crippen LogP contribution in [0.1, 0.15) is 36.0 Å². The molecular weight excluding hydrogens is 296 g/mol. The quantitative estimate of drug-likeness (QED) is 0.851. The van der Waals surface area contributed by atoms with Crippen LogP contribution >= 0.6 is 0 Å². The van der Waals surface area contributed by atoms with Crippen molar-refractivity contribution in [2.45, 2.75) is 37.4 Å². The molecule has 1 amide bonds. The van der Waals surface area contributed by atoms with Crippen molar-refractivity contribution in [2.75, 3.05) is 33.9 Å². The highest BCUT2D eigenvalue weighted by Gasteiger charge is 2.45. The van der Waals surface area contributed by atoms with Crippen LogP contribution in [0.25, 0.3) is 0 Å². The standard InChI is InChI=1S/C17H24N2O4/c1-21-14-6-4-12-23-17(14)7-10-19(11-8-17)16(20)13-5-3-9-18-15(13)22-2/h3,5,9,14H,4,6-8,10-12H2,1-2H3/t14-/m1/s1. The summed E-state index contributed by atoms with van der Waals surface area (Å²) in [5.74, 6) is 0.344. The summed E-state index contributed by atoms with van der Waals surface area (Å²) in [5, 5.41) is 0. The summed E-state index contributed by atoms with van der Waals surface area (Å²) in [7, 11) is 3.28. The van der Waals surface area contributed by atoms with Crippen LogP contribution in [0, 0.1) is 0 Å². The molecule has 0 bridgehead atoms. The lowest BCUT2D eigenvalue weighted by Gasteiger charge is -2.48. The fourth-order valence-electron chi connectivity index (χ4n) is 3.67. The molecule has 1 spiro atoms. The van der Waals surface area contributed by atoms with Gasteiger partial charge in [-0.3, -0.25) is 4.79 Å². The van der Waals surface area contributed by atoms with E-state index in [1.54, 1.807) is 25.4 Å². The number of piperidine rings is 1. The zero-order valence-electron chi connectivity index (χ0n) is 13.8. The van der Waals surface area contributed by atoms with Crippen molar-refractivity contribution < 1.29 is 19.0 Å². The molecule has 0 unspecified atom stereocenters. The Bertz CT molecular complexity index is 555. The topological polar surface area (TPSA) is 60.9 Å². The normalized spacial score (nSPS) is 23.7. The van der Waals surface area contributed by atoms with Crippen LogP contribution in [0.4, 0.5) is 0 Å². The lowest BCUT2D eigenvalue weighted by molar-refractivity contribution is -0.183. The summed E-state index contributed by atoms with van der Waals surface area (Å²) in [6, 6.07) is 3.51. The molecule has 2 saturated heterocycles. The lowest BCUT2D eigenvalue weighted by atomic mass is 9.81. The fraction of sp³-hybridized carbons (Fsp3) is 0.647. The van der Waals surface area contributed by atoms with Crippen LogP contribution in [-0.2, 0) is 9.47 Å². The molecule has 0 radical (unpaired) electrons. The fourth-order valence-corrected chi connectivity index (χ4v) is 3.67. The van der Waals surface area contributed by atoms with Crippen molar-refractivity contribution >= 4 is 5.91 Å². The molecule has 6 heteroatoms. The van der Waals surface area contributed by atoms with Crippen LogP contribution in [0.5, 0.6) is 5.88 Å². The molecule has 0 aliphatic carbocycles. The highest BCUT2D eigenvalue weighted by Crippen LogP contribution is 2.37. The maximum atomic E-state index is 12.7. The van der Waals surface area contributed by atoms with Crippen molar-refractivity contribution in [2.24, 2.45) is 0 Å². The third-order valence-electron chi connectivity index (χ3n) is 4.96. The number of hydrogen-bond donors (Lipinski definition) is 0. The van der Waals surface area contributed by atoms with Crippen molar-refractivity contribution in [1.29, 1.82) is 0 Å². The minimum Gasteiger partial charge on any atom is -0.480 e. The number of methoxy groups -OCH3 is 2. The van der Waals surface area contributed by atoms with E-state index in [1.165, 1.54) is 7.11 Å². The molecule has 1 aromatic rings. The van der Waals surface area contributed by atoms with E-state index in [0.717, 1.165) is 32.3 Å². The zero-order chi connectivity index (χ0) is 16.3. The van der Waals surface area contributed by atoms with Gasteiger partial charge >= 0.3 is 0 Å². The van der Waals surface area contributed by atoms with E-state index in [4.69, 9.17) is 14.2 Å². The van der Waals surface area contributed by atoms with E-state index in [2.05, 4.69) is 4.98 Å². The molecule has 126 valence electrons. The van der Waals surface area contributed by atoms with E-state index in [1.807, 2.05) is 4.90 Å². The molecule has 1 aromatic heterocycles. The van der Waals surface area contributed by atoms with Crippen molar-refractivity contribution in [3.05, 3.63) is 23.9 Å². The molecule has 0 saturated carbocycles. The summed E-state index contributed by atoms with van der Waals surface area (Å²) in [4.78, 5) is 18.7. The molecular formula is C17H24N2O4. The first kappa shape index (κ1) is 16.2. The minimum absolute atomic E-state index is 0.0328. The van der Waals surface area contributed by atoms with Gasteiger partial charge in [-0.15, -0.1) is 0 Å². The van der Waals surface area contributed by atoms with Gasteiger partial charge in [0.2, 0.25) is 5.88 Å². The summed E-state index contributed by atoms with van der Waals surface area (Å²) in [6.45, 7) is 2.11. The predicted octanol–water partition coefficient (Wildman–Crippen LogP) is 1.89. The van der Waals surface area contributed by atoms with Gasteiger partial charge in [0.1, 0.15) is 5.56 Å². The van der Waals surface area contributed by atoms with Crippen LogP contribution in [0.15, 0.2) is 18.3 Å². The Morgan fingerprint density at radius 2 is 2.17 bits per heavy atom. The molecule has 0 aromatic carbocycles. The van der Waals surface area contributed by atoms with Crippen molar-refractivity contribution in [3.63, 3.8) is 0 Å². The van der Waals surface area contributed by atoms with E-state index in [0.29, 0.717) is 24.5 Å². The summed E-state index contributed by atoms with van der Waals surface area (Å²) in [5.41, 5.74) is 0.279. The highest BCUT2D eigenvalue weighted by molar-refractivity contribution is 5.96. The van der Waals surface area contributed by atoms with Gasteiger partial charge in [-0.2, -0.15) is 0 Å². The van der Waals surface area contributed by atoms with Crippen LogP contribution in [-0.4, -0.2) is 61.4 Å². The average molecular weight is 320 g/mol. The molecule has 2 fully saturated rings. The largest absolute Gasteiger partial charge is 0.480 e.